The molecular formula is C18H29NO. The minimum absolute atomic E-state index is 0.723. The molecule has 2 nitrogen and oxygen atoms in total. The summed E-state index contributed by atoms with van der Waals surface area (Å²) >= 11 is 0. The minimum Gasteiger partial charge on any atom is -0.494 e. The van der Waals surface area contributed by atoms with Crippen LogP contribution in [0.5, 0.6) is 5.75 Å². The molecule has 0 spiro atoms. The summed E-state index contributed by atoms with van der Waals surface area (Å²) in [4.78, 5) is 0. The first-order chi connectivity index (χ1) is 9.83. The second kappa shape index (κ2) is 8.31. The summed E-state index contributed by atoms with van der Waals surface area (Å²) in [5.41, 5.74) is 1.35. The fourth-order valence-electron chi connectivity index (χ4n) is 3.16. The van der Waals surface area contributed by atoms with Gasteiger partial charge in [-0.1, -0.05) is 32.4 Å². The van der Waals surface area contributed by atoms with Crippen LogP contribution >= 0.6 is 0 Å². The molecule has 1 fully saturated rings. The highest BCUT2D eigenvalue weighted by molar-refractivity contribution is 5.28. The standard InChI is InChI=1S/C18H29NO/c1-3-12-19-18-10-6-8-16(18)11-13-20-17-9-5-7-15(4-2)14-17/h5,7,9,14,16,18-19H,3-4,6,8,10-13H2,1-2H3. The van der Waals surface area contributed by atoms with E-state index in [1.165, 1.54) is 37.7 Å². The van der Waals surface area contributed by atoms with Crippen LogP contribution in [0.2, 0.25) is 0 Å². The summed E-state index contributed by atoms with van der Waals surface area (Å²) in [7, 11) is 0. The van der Waals surface area contributed by atoms with Gasteiger partial charge in [-0.3, -0.25) is 0 Å². The number of hydrogen-bond donors (Lipinski definition) is 1. The topological polar surface area (TPSA) is 21.3 Å². The van der Waals surface area contributed by atoms with Gasteiger partial charge in [-0.2, -0.15) is 0 Å². The molecule has 0 amide bonds. The molecule has 0 aliphatic heterocycles. The second-order valence-corrected chi connectivity index (χ2v) is 5.89. The largest absolute Gasteiger partial charge is 0.494 e. The van der Waals surface area contributed by atoms with Gasteiger partial charge in [0.05, 0.1) is 6.61 Å². The zero-order valence-corrected chi connectivity index (χ0v) is 13.0. The molecule has 112 valence electrons. The monoisotopic (exact) mass is 275 g/mol. The Morgan fingerprint density at radius 2 is 2.15 bits per heavy atom. The van der Waals surface area contributed by atoms with Crippen LogP contribution in [0.4, 0.5) is 0 Å². The van der Waals surface area contributed by atoms with Gasteiger partial charge in [-0.15, -0.1) is 0 Å². The maximum atomic E-state index is 5.94. The molecule has 1 aromatic carbocycles. The Labute approximate surface area is 123 Å². The lowest BCUT2D eigenvalue weighted by molar-refractivity contribution is 0.260. The molecule has 0 heterocycles. The Hall–Kier alpha value is -1.02. The van der Waals surface area contributed by atoms with E-state index in [1.54, 1.807) is 0 Å². The van der Waals surface area contributed by atoms with Crippen molar-refractivity contribution in [1.29, 1.82) is 0 Å². The van der Waals surface area contributed by atoms with Gasteiger partial charge in [-0.25, -0.2) is 0 Å². The van der Waals surface area contributed by atoms with Crippen LogP contribution in [0.15, 0.2) is 24.3 Å². The average molecular weight is 275 g/mol. The first kappa shape index (κ1) is 15.4. The normalized spacial score (nSPS) is 22.1. The molecule has 1 aromatic rings. The Kier molecular flexibility index (Phi) is 6.38. The van der Waals surface area contributed by atoms with E-state index in [2.05, 4.69) is 43.4 Å². The Morgan fingerprint density at radius 3 is 2.95 bits per heavy atom. The fourth-order valence-corrected chi connectivity index (χ4v) is 3.16. The number of rotatable bonds is 8. The number of benzene rings is 1. The van der Waals surface area contributed by atoms with Crippen LogP contribution in [0.25, 0.3) is 0 Å². The predicted molar refractivity (Wildman–Crippen MR) is 85.4 cm³/mol. The molecule has 2 atom stereocenters. The highest BCUT2D eigenvalue weighted by Gasteiger charge is 2.26. The van der Waals surface area contributed by atoms with Crippen LogP contribution in [-0.2, 0) is 6.42 Å². The van der Waals surface area contributed by atoms with E-state index in [0.29, 0.717) is 0 Å². The third-order valence-corrected chi connectivity index (χ3v) is 4.38. The quantitative estimate of drug-likeness (QED) is 0.768. The molecule has 2 rings (SSSR count). The van der Waals surface area contributed by atoms with Gasteiger partial charge in [0.25, 0.3) is 0 Å². The first-order valence-corrected chi connectivity index (χ1v) is 8.28. The third-order valence-electron chi connectivity index (χ3n) is 4.38. The van der Waals surface area contributed by atoms with Crippen molar-refractivity contribution >= 4 is 0 Å². The molecule has 20 heavy (non-hydrogen) atoms. The maximum absolute atomic E-state index is 5.94. The molecule has 2 unspecified atom stereocenters. The number of ether oxygens (including phenoxy) is 1. The van der Waals surface area contributed by atoms with E-state index in [4.69, 9.17) is 4.74 Å². The van der Waals surface area contributed by atoms with Gasteiger partial charge in [0.2, 0.25) is 0 Å². The number of aryl methyl sites for hydroxylation is 1. The van der Waals surface area contributed by atoms with E-state index in [1.807, 2.05) is 0 Å². The summed E-state index contributed by atoms with van der Waals surface area (Å²) in [5.74, 6) is 1.83. The van der Waals surface area contributed by atoms with Crippen molar-refractivity contribution in [2.45, 2.75) is 58.4 Å². The first-order valence-electron chi connectivity index (χ1n) is 8.28. The molecule has 1 aliphatic carbocycles. The van der Waals surface area contributed by atoms with Crippen LogP contribution in [0.1, 0.15) is 51.5 Å². The highest BCUT2D eigenvalue weighted by Crippen LogP contribution is 2.28. The molecule has 0 saturated heterocycles. The lowest BCUT2D eigenvalue weighted by Crippen LogP contribution is -2.33. The van der Waals surface area contributed by atoms with E-state index >= 15 is 0 Å². The van der Waals surface area contributed by atoms with Gasteiger partial charge >= 0.3 is 0 Å². The van der Waals surface area contributed by atoms with Gasteiger partial charge in [-0.05, 0) is 62.3 Å². The predicted octanol–water partition coefficient (Wildman–Crippen LogP) is 4.19. The molecule has 1 saturated carbocycles. The smallest absolute Gasteiger partial charge is 0.119 e. The van der Waals surface area contributed by atoms with Crippen molar-refractivity contribution in [3.8, 4) is 5.75 Å². The summed E-state index contributed by atoms with van der Waals surface area (Å²) in [6, 6.07) is 9.21. The molecule has 2 heteroatoms. The van der Waals surface area contributed by atoms with Gasteiger partial charge in [0.1, 0.15) is 5.75 Å². The summed E-state index contributed by atoms with van der Waals surface area (Å²) in [6.45, 7) is 6.42. The lowest BCUT2D eigenvalue weighted by atomic mass is 10.00. The third kappa shape index (κ3) is 4.52. The zero-order valence-electron chi connectivity index (χ0n) is 13.0. The SMILES string of the molecule is CCCNC1CCCC1CCOc1cccc(CC)c1. The minimum atomic E-state index is 0.723. The molecule has 1 aliphatic rings. The van der Waals surface area contributed by atoms with Crippen LogP contribution in [-0.4, -0.2) is 19.2 Å². The van der Waals surface area contributed by atoms with Crippen molar-refractivity contribution in [2.24, 2.45) is 5.92 Å². The van der Waals surface area contributed by atoms with Crippen molar-refractivity contribution in [2.75, 3.05) is 13.2 Å². The Morgan fingerprint density at radius 1 is 1.25 bits per heavy atom. The number of nitrogens with one attached hydrogen (secondary N) is 1. The highest BCUT2D eigenvalue weighted by atomic mass is 16.5. The molecule has 0 aromatic heterocycles. The molecule has 1 N–H and O–H groups in total. The van der Waals surface area contributed by atoms with E-state index in [0.717, 1.165) is 37.3 Å². The van der Waals surface area contributed by atoms with E-state index in [9.17, 15) is 0 Å². The summed E-state index contributed by atoms with van der Waals surface area (Å²) in [5, 5.41) is 3.69. The lowest BCUT2D eigenvalue weighted by Gasteiger charge is -2.21. The molecule has 0 radical (unpaired) electrons. The maximum Gasteiger partial charge on any atom is 0.119 e. The van der Waals surface area contributed by atoms with Crippen LogP contribution in [0.3, 0.4) is 0 Å². The van der Waals surface area contributed by atoms with Gasteiger partial charge in [0.15, 0.2) is 0 Å². The van der Waals surface area contributed by atoms with Crippen LogP contribution in [0, 0.1) is 5.92 Å². The van der Waals surface area contributed by atoms with Crippen molar-refractivity contribution < 1.29 is 4.74 Å². The van der Waals surface area contributed by atoms with Crippen LogP contribution < -0.4 is 10.1 Å². The Bertz CT molecular complexity index is 391. The summed E-state index contributed by atoms with van der Waals surface area (Å²) < 4.78 is 5.94. The van der Waals surface area contributed by atoms with E-state index in [-0.39, 0.29) is 0 Å². The van der Waals surface area contributed by atoms with Gasteiger partial charge in [0, 0.05) is 6.04 Å². The van der Waals surface area contributed by atoms with Gasteiger partial charge < -0.3 is 10.1 Å². The average Bonchev–Trinajstić information content (AvgIpc) is 2.93. The van der Waals surface area contributed by atoms with Crippen molar-refractivity contribution in [1.82, 2.24) is 5.32 Å². The Balaban J connectivity index is 1.74. The fraction of sp³-hybridized carbons (Fsp3) is 0.667. The summed E-state index contributed by atoms with van der Waals surface area (Å²) in [6.07, 6.45) is 7.55. The zero-order chi connectivity index (χ0) is 14.2. The van der Waals surface area contributed by atoms with Crippen molar-refractivity contribution in [3.05, 3.63) is 29.8 Å². The molecular weight excluding hydrogens is 246 g/mol. The molecule has 0 bridgehead atoms. The second-order valence-electron chi connectivity index (χ2n) is 5.89. The van der Waals surface area contributed by atoms with Crippen molar-refractivity contribution in [3.63, 3.8) is 0 Å². The van der Waals surface area contributed by atoms with E-state index < -0.39 is 0 Å². The number of hydrogen-bond acceptors (Lipinski definition) is 2.